The summed E-state index contributed by atoms with van der Waals surface area (Å²) in [6.45, 7) is 3.87. The smallest absolute Gasteiger partial charge is 0.169 e. The molecule has 2 fully saturated rings. The van der Waals surface area contributed by atoms with E-state index in [0.29, 0.717) is 18.8 Å². The molecule has 0 N–H and O–H groups in total. The summed E-state index contributed by atoms with van der Waals surface area (Å²) in [7, 11) is 0. The highest BCUT2D eigenvalue weighted by Gasteiger charge is 2.43. The molecule has 18 heavy (non-hydrogen) atoms. The fourth-order valence-corrected chi connectivity index (χ4v) is 2.92. The first-order valence-corrected chi connectivity index (χ1v) is 6.50. The molecule has 0 aromatic carbocycles. The van der Waals surface area contributed by atoms with E-state index in [0.717, 1.165) is 31.6 Å². The average Bonchev–Trinajstić information content (AvgIpc) is 2.98. The fraction of sp³-hybridized carbons (Fsp3) is 0.643. The van der Waals surface area contributed by atoms with E-state index in [-0.39, 0.29) is 17.3 Å². The molecule has 98 valence electrons. The van der Waals surface area contributed by atoms with E-state index in [2.05, 4.69) is 0 Å². The fourth-order valence-electron chi connectivity index (χ4n) is 2.92. The lowest BCUT2D eigenvalue weighted by Crippen LogP contribution is -2.42. The van der Waals surface area contributed by atoms with Crippen LogP contribution >= 0.6 is 0 Å². The summed E-state index contributed by atoms with van der Waals surface area (Å²) < 4.78 is 16.5. The number of Topliss-reactive ketones (excluding diaryl/α,β-unsaturated/α-hetero) is 1. The Kier molecular flexibility index (Phi) is 2.99. The minimum atomic E-state index is -0.211. The Labute approximate surface area is 106 Å². The summed E-state index contributed by atoms with van der Waals surface area (Å²) in [4.78, 5) is 12.4. The molecule has 1 aromatic rings. The van der Waals surface area contributed by atoms with Gasteiger partial charge in [-0.3, -0.25) is 4.79 Å². The predicted molar refractivity (Wildman–Crippen MR) is 64.6 cm³/mol. The van der Waals surface area contributed by atoms with Crippen LogP contribution in [0.3, 0.4) is 0 Å². The van der Waals surface area contributed by atoms with Crippen molar-refractivity contribution in [3.05, 3.63) is 23.7 Å². The molecular weight excluding hydrogens is 232 g/mol. The molecular formula is C14H18O4. The van der Waals surface area contributed by atoms with Gasteiger partial charge in [0.1, 0.15) is 12.0 Å². The first-order valence-electron chi connectivity index (χ1n) is 6.50. The molecule has 0 bridgehead atoms. The minimum Gasteiger partial charge on any atom is -0.469 e. The monoisotopic (exact) mass is 250 g/mol. The lowest BCUT2D eigenvalue weighted by atomic mass is 9.81. The summed E-state index contributed by atoms with van der Waals surface area (Å²) >= 11 is 0. The SMILES string of the molecule is Cc1cc(C(=O)C2CCOC3(CCOC3)C2)co1. The summed E-state index contributed by atoms with van der Waals surface area (Å²) in [6, 6.07) is 1.82. The van der Waals surface area contributed by atoms with Crippen LogP contribution in [0.2, 0.25) is 0 Å². The zero-order valence-electron chi connectivity index (χ0n) is 10.6. The normalized spacial score (nSPS) is 31.9. The van der Waals surface area contributed by atoms with E-state index >= 15 is 0 Å². The maximum atomic E-state index is 12.4. The maximum Gasteiger partial charge on any atom is 0.169 e. The van der Waals surface area contributed by atoms with E-state index in [4.69, 9.17) is 13.9 Å². The van der Waals surface area contributed by atoms with Crippen LogP contribution in [0.15, 0.2) is 16.7 Å². The Morgan fingerprint density at radius 3 is 3.00 bits per heavy atom. The summed E-state index contributed by atoms with van der Waals surface area (Å²) in [5, 5.41) is 0. The number of hydrogen-bond acceptors (Lipinski definition) is 4. The zero-order chi connectivity index (χ0) is 12.6. The van der Waals surface area contributed by atoms with Crippen molar-refractivity contribution in [2.75, 3.05) is 19.8 Å². The number of ketones is 1. The number of carbonyl (C=O) groups is 1. The van der Waals surface area contributed by atoms with Crippen molar-refractivity contribution in [1.82, 2.24) is 0 Å². The molecule has 4 heteroatoms. The largest absolute Gasteiger partial charge is 0.469 e. The van der Waals surface area contributed by atoms with Gasteiger partial charge in [-0.2, -0.15) is 0 Å². The second-order valence-corrected chi connectivity index (χ2v) is 5.33. The van der Waals surface area contributed by atoms with Crippen LogP contribution in [0.5, 0.6) is 0 Å². The number of rotatable bonds is 2. The number of furan rings is 1. The van der Waals surface area contributed by atoms with E-state index < -0.39 is 0 Å². The van der Waals surface area contributed by atoms with E-state index in [1.165, 1.54) is 0 Å². The molecule has 3 rings (SSSR count). The summed E-state index contributed by atoms with van der Waals surface area (Å²) in [5.74, 6) is 1.00. The van der Waals surface area contributed by atoms with E-state index in [1.54, 1.807) is 6.26 Å². The van der Waals surface area contributed by atoms with Crippen LogP contribution in [0.4, 0.5) is 0 Å². The highest BCUT2D eigenvalue weighted by molar-refractivity contribution is 5.97. The molecule has 0 saturated carbocycles. The van der Waals surface area contributed by atoms with E-state index in [9.17, 15) is 4.79 Å². The lowest BCUT2D eigenvalue weighted by Gasteiger charge is -2.36. The third-order valence-electron chi connectivity index (χ3n) is 3.95. The van der Waals surface area contributed by atoms with Gasteiger partial charge in [-0.15, -0.1) is 0 Å². The van der Waals surface area contributed by atoms with Gasteiger partial charge < -0.3 is 13.9 Å². The molecule has 1 spiro atoms. The van der Waals surface area contributed by atoms with Crippen molar-refractivity contribution in [3.63, 3.8) is 0 Å². The second kappa shape index (κ2) is 4.52. The van der Waals surface area contributed by atoms with Gasteiger partial charge in [0.05, 0.1) is 17.8 Å². The number of aryl methyl sites for hydroxylation is 1. The van der Waals surface area contributed by atoms with Crippen molar-refractivity contribution in [3.8, 4) is 0 Å². The second-order valence-electron chi connectivity index (χ2n) is 5.33. The quantitative estimate of drug-likeness (QED) is 0.756. The highest BCUT2D eigenvalue weighted by atomic mass is 16.6. The first kappa shape index (κ1) is 11.9. The molecule has 2 aliphatic rings. The van der Waals surface area contributed by atoms with Crippen molar-refractivity contribution < 1.29 is 18.7 Å². The molecule has 2 atom stereocenters. The van der Waals surface area contributed by atoms with Crippen LogP contribution in [-0.2, 0) is 9.47 Å². The van der Waals surface area contributed by atoms with Crippen molar-refractivity contribution in [1.29, 1.82) is 0 Å². The Morgan fingerprint density at radius 2 is 2.33 bits per heavy atom. The van der Waals surface area contributed by atoms with Gasteiger partial charge in [-0.25, -0.2) is 0 Å². The van der Waals surface area contributed by atoms with Gasteiger partial charge in [0.2, 0.25) is 0 Å². The zero-order valence-corrected chi connectivity index (χ0v) is 10.6. The van der Waals surface area contributed by atoms with Crippen molar-refractivity contribution in [2.45, 2.75) is 31.8 Å². The predicted octanol–water partition coefficient (Wildman–Crippen LogP) is 2.36. The van der Waals surface area contributed by atoms with Crippen LogP contribution in [0.25, 0.3) is 0 Å². The Balaban J connectivity index is 1.74. The Bertz CT molecular complexity index is 442. The number of hydrogen-bond donors (Lipinski definition) is 0. The molecule has 2 aliphatic heterocycles. The van der Waals surface area contributed by atoms with Gasteiger partial charge >= 0.3 is 0 Å². The average molecular weight is 250 g/mol. The van der Waals surface area contributed by atoms with Crippen LogP contribution < -0.4 is 0 Å². The maximum absolute atomic E-state index is 12.4. The Morgan fingerprint density at radius 1 is 1.44 bits per heavy atom. The minimum absolute atomic E-state index is 0.0393. The summed E-state index contributed by atoms with van der Waals surface area (Å²) in [6.07, 6.45) is 4.03. The molecule has 2 saturated heterocycles. The van der Waals surface area contributed by atoms with Crippen LogP contribution in [0, 0.1) is 12.8 Å². The van der Waals surface area contributed by atoms with E-state index in [1.807, 2.05) is 13.0 Å². The summed E-state index contributed by atoms with van der Waals surface area (Å²) in [5.41, 5.74) is 0.477. The van der Waals surface area contributed by atoms with Gasteiger partial charge in [-0.05, 0) is 25.8 Å². The van der Waals surface area contributed by atoms with Gasteiger partial charge in [-0.1, -0.05) is 0 Å². The Hall–Kier alpha value is -1.13. The molecule has 0 aliphatic carbocycles. The van der Waals surface area contributed by atoms with Gasteiger partial charge in [0.15, 0.2) is 5.78 Å². The van der Waals surface area contributed by atoms with Gasteiger partial charge in [0.25, 0.3) is 0 Å². The lowest BCUT2D eigenvalue weighted by molar-refractivity contribution is -0.0920. The molecule has 2 unspecified atom stereocenters. The van der Waals surface area contributed by atoms with Crippen LogP contribution in [0.1, 0.15) is 35.4 Å². The number of carbonyl (C=O) groups excluding carboxylic acids is 1. The molecule has 3 heterocycles. The first-order chi connectivity index (χ1) is 8.69. The third-order valence-corrected chi connectivity index (χ3v) is 3.95. The van der Waals surface area contributed by atoms with Crippen molar-refractivity contribution >= 4 is 5.78 Å². The highest BCUT2D eigenvalue weighted by Crippen LogP contribution is 2.37. The molecule has 4 nitrogen and oxygen atoms in total. The standard InChI is InChI=1S/C14H18O4/c1-10-6-12(8-17-10)13(15)11-2-4-18-14(7-11)3-5-16-9-14/h6,8,11H,2-5,7,9H2,1H3. The third kappa shape index (κ3) is 2.10. The molecule has 0 radical (unpaired) electrons. The molecule has 0 amide bonds. The topological polar surface area (TPSA) is 48.7 Å². The molecule has 1 aromatic heterocycles. The van der Waals surface area contributed by atoms with Crippen molar-refractivity contribution in [2.24, 2.45) is 5.92 Å². The number of ether oxygens (including phenoxy) is 2. The van der Waals surface area contributed by atoms with Gasteiger partial charge in [0, 0.05) is 25.6 Å². The van der Waals surface area contributed by atoms with Crippen LogP contribution in [-0.4, -0.2) is 31.2 Å².